The standard InChI is InChI=1S/C32H32O3/c1-32-16-5-8-29(32)25-14-13-23-18-28(31(34)35)27(19-26(23)24(25)15-17-32)30(33)22-11-9-21(10-12-22)20-6-3-2-4-7-20/h2-4,6-7,9-12,18-19,24-25,29H,5,8,13-17H2,1H3,(H,34,35)/t24-,25+,29-,32-/m0/s1. The fraction of sp³-hybridized carbons (Fsp3) is 0.375. The minimum atomic E-state index is -1.02. The van der Waals surface area contributed by atoms with Crippen LogP contribution in [0, 0.1) is 17.3 Å². The van der Waals surface area contributed by atoms with Crippen LogP contribution < -0.4 is 0 Å². The molecule has 35 heavy (non-hydrogen) atoms. The Morgan fingerprint density at radius 3 is 2.34 bits per heavy atom. The molecule has 0 radical (unpaired) electrons. The third kappa shape index (κ3) is 3.73. The van der Waals surface area contributed by atoms with Gasteiger partial charge in [0, 0.05) is 11.1 Å². The van der Waals surface area contributed by atoms with Crippen LogP contribution in [-0.4, -0.2) is 16.9 Å². The topological polar surface area (TPSA) is 54.4 Å². The van der Waals surface area contributed by atoms with E-state index < -0.39 is 5.97 Å². The van der Waals surface area contributed by atoms with Crippen LogP contribution in [0.5, 0.6) is 0 Å². The third-order valence-corrected chi connectivity index (χ3v) is 9.37. The van der Waals surface area contributed by atoms with Crippen LogP contribution in [0.4, 0.5) is 0 Å². The Labute approximate surface area is 207 Å². The molecule has 0 aromatic heterocycles. The van der Waals surface area contributed by atoms with E-state index in [1.54, 1.807) is 0 Å². The fourth-order valence-electron chi connectivity index (χ4n) is 7.58. The number of carbonyl (C=O) groups is 2. The van der Waals surface area contributed by atoms with Gasteiger partial charge in [-0.25, -0.2) is 4.79 Å². The van der Waals surface area contributed by atoms with E-state index >= 15 is 0 Å². The van der Waals surface area contributed by atoms with Crippen LogP contribution in [0.25, 0.3) is 11.1 Å². The Morgan fingerprint density at radius 2 is 1.60 bits per heavy atom. The molecule has 3 aromatic carbocycles. The molecule has 0 amide bonds. The SMILES string of the molecule is C[C@@]12CCC[C@H]1[C@@H]1CCc3cc(C(=O)O)c(C(=O)c4ccc(-c5ccccc5)cc4)cc3[C@H]1CC2. The third-order valence-electron chi connectivity index (χ3n) is 9.37. The quantitative estimate of drug-likeness (QED) is 0.406. The lowest BCUT2D eigenvalue weighted by Gasteiger charge is -2.49. The highest BCUT2D eigenvalue weighted by atomic mass is 16.4. The van der Waals surface area contributed by atoms with Crippen molar-refractivity contribution in [3.8, 4) is 11.1 Å². The maximum Gasteiger partial charge on any atom is 0.336 e. The molecule has 6 rings (SSSR count). The summed E-state index contributed by atoms with van der Waals surface area (Å²) in [6.07, 6.45) is 8.45. The number of aromatic carboxylic acids is 1. The molecule has 2 fully saturated rings. The Kier molecular flexibility index (Phi) is 5.40. The largest absolute Gasteiger partial charge is 0.478 e. The van der Waals surface area contributed by atoms with E-state index in [0.29, 0.717) is 28.4 Å². The molecule has 0 saturated heterocycles. The van der Waals surface area contributed by atoms with E-state index in [0.717, 1.165) is 41.9 Å². The molecule has 3 heteroatoms. The van der Waals surface area contributed by atoms with E-state index in [4.69, 9.17) is 0 Å². The highest BCUT2D eigenvalue weighted by Gasteiger charge is 2.50. The van der Waals surface area contributed by atoms with Crippen LogP contribution in [0.15, 0.2) is 66.7 Å². The molecule has 2 saturated carbocycles. The highest BCUT2D eigenvalue weighted by Crippen LogP contribution is 2.60. The minimum absolute atomic E-state index is 0.140. The Balaban J connectivity index is 1.37. The number of ketones is 1. The van der Waals surface area contributed by atoms with Crippen molar-refractivity contribution in [3.63, 3.8) is 0 Å². The van der Waals surface area contributed by atoms with Crippen molar-refractivity contribution in [3.05, 3.63) is 94.5 Å². The molecule has 3 aliphatic rings. The van der Waals surface area contributed by atoms with Crippen molar-refractivity contribution in [2.45, 2.75) is 57.8 Å². The summed E-state index contributed by atoms with van der Waals surface area (Å²) < 4.78 is 0. The summed E-state index contributed by atoms with van der Waals surface area (Å²) in [5.74, 6) is 0.648. The molecule has 0 spiro atoms. The summed E-state index contributed by atoms with van der Waals surface area (Å²) in [6.45, 7) is 2.48. The van der Waals surface area contributed by atoms with Gasteiger partial charge in [-0.1, -0.05) is 67.9 Å². The number of aryl methyl sites for hydroxylation is 1. The lowest BCUT2D eigenvalue weighted by molar-refractivity contribution is 0.0597. The molecule has 0 aliphatic heterocycles. The summed E-state index contributed by atoms with van der Waals surface area (Å²) in [5.41, 5.74) is 5.99. The van der Waals surface area contributed by atoms with Gasteiger partial charge in [-0.05, 0) is 96.1 Å². The number of benzene rings is 3. The fourth-order valence-corrected chi connectivity index (χ4v) is 7.58. The van der Waals surface area contributed by atoms with E-state index in [2.05, 4.69) is 6.92 Å². The first-order chi connectivity index (χ1) is 16.9. The van der Waals surface area contributed by atoms with Crippen molar-refractivity contribution in [2.24, 2.45) is 17.3 Å². The minimum Gasteiger partial charge on any atom is -0.478 e. The summed E-state index contributed by atoms with van der Waals surface area (Å²) in [4.78, 5) is 25.8. The number of rotatable bonds is 4. The zero-order valence-corrected chi connectivity index (χ0v) is 20.3. The van der Waals surface area contributed by atoms with Gasteiger partial charge < -0.3 is 5.11 Å². The Bertz CT molecular complexity index is 1290. The second-order valence-corrected chi connectivity index (χ2v) is 11.2. The van der Waals surface area contributed by atoms with Gasteiger partial charge in [-0.2, -0.15) is 0 Å². The van der Waals surface area contributed by atoms with Gasteiger partial charge >= 0.3 is 5.97 Å². The number of fused-ring (bicyclic) bond motifs is 5. The predicted octanol–water partition coefficient (Wildman–Crippen LogP) is 7.53. The van der Waals surface area contributed by atoms with Crippen molar-refractivity contribution in [2.75, 3.05) is 0 Å². The van der Waals surface area contributed by atoms with E-state index in [9.17, 15) is 14.7 Å². The average molecular weight is 465 g/mol. The molecule has 178 valence electrons. The van der Waals surface area contributed by atoms with Gasteiger partial charge in [-0.15, -0.1) is 0 Å². The van der Waals surface area contributed by atoms with Gasteiger partial charge in [0.05, 0.1) is 5.56 Å². The van der Waals surface area contributed by atoms with Crippen LogP contribution in [0.2, 0.25) is 0 Å². The number of carboxylic acids is 1. The maximum atomic E-state index is 13.6. The lowest BCUT2D eigenvalue weighted by atomic mass is 9.55. The molecule has 3 aliphatic carbocycles. The molecule has 0 unspecified atom stereocenters. The van der Waals surface area contributed by atoms with Gasteiger partial charge in [0.15, 0.2) is 5.78 Å². The smallest absolute Gasteiger partial charge is 0.336 e. The van der Waals surface area contributed by atoms with Gasteiger partial charge in [-0.3, -0.25) is 4.79 Å². The van der Waals surface area contributed by atoms with E-state index in [1.165, 1.54) is 31.2 Å². The van der Waals surface area contributed by atoms with Crippen LogP contribution in [0.3, 0.4) is 0 Å². The lowest BCUT2D eigenvalue weighted by Crippen LogP contribution is -2.39. The molecule has 3 nitrogen and oxygen atoms in total. The summed E-state index contributed by atoms with van der Waals surface area (Å²) in [7, 11) is 0. The first kappa shape index (κ1) is 22.3. The summed E-state index contributed by atoms with van der Waals surface area (Å²) in [5, 5.41) is 9.99. The zero-order chi connectivity index (χ0) is 24.2. The molecule has 1 N–H and O–H groups in total. The zero-order valence-electron chi connectivity index (χ0n) is 20.3. The molecule has 4 atom stereocenters. The predicted molar refractivity (Wildman–Crippen MR) is 138 cm³/mol. The molecular formula is C32H32O3. The Hall–Kier alpha value is -3.20. The van der Waals surface area contributed by atoms with Gasteiger partial charge in [0.2, 0.25) is 0 Å². The number of carbonyl (C=O) groups excluding carboxylic acids is 1. The first-order valence-electron chi connectivity index (χ1n) is 13.0. The van der Waals surface area contributed by atoms with E-state index in [-0.39, 0.29) is 11.3 Å². The van der Waals surface area contributed by atoms with Crippen molar-refractivity contribution >= 4 is 11.8 Å². The highest BCUT2D eigenvalue weighted by molar-refractivity contribution is 6.14. The summed E-state index contributed by atoms with van der Waals surface area (Å²) >= 11 is 0. The first-order valence-corrected chi connectivity index (χ1v) is 13.0. The molecule has 3 aromatic rings. The maximum absolute atomic E-state index is 13.6. The van der Waals surface area contributed by atoms with Crippen molar-refractivity contribution in [1.29, 1.82) is 0 Å². The molecular weight excluding hydrogens is 432 g/mol. The monoisotopic (exact) mass is 464 g/mol. The second-order valence-electron chi connectivity index (χ2n) is 11.2. The van der Waals surface area contributed by atoms with Crippen molar-refractivity contribution in [1.82, 2.24) is 0 Å². The Morgan fingerprint density at radius 1 is 0.857 bits per heavy atom. The number of carboxylic acid groups (broad SMARTS) is 1. The second kappa shape index (κ2) is 8.48. The molecule has 0 bridgehead atoms. The van der Waals surface area contributed by atoms with E-state index in [1.807, 2.05) is 66.7 Å². The van der Waals surface area contributed by atoms with Crippen LogP contribution >= 0.6 is 0 Å². The van der Waals surface area contributed by atoms with Crippen LogP contribution in [0.1, 0.15) is 88.8 Å². The normalized spacial score (nSPS) is 26.9. The van der Waals surface area contributed by atoms with Gasteiger partial charge in [0.1, 0.15) is 0 Å². The summed E-state index contributed by atoms with van der Waals surface area (Å²) in [6, 6.07) is 21.3. The van der Waals surface area contributed by atoms with Gasteiger partial charge in [0.25, 0.3) is 0 Å². The molecule has 0 heterocycles. The number of hydrogen-bond acceptors (Lipinski definition) is 2. The van der Waals surface area contributed by atoms with Crippen molar-refractivity contribution < 1.29 is 14.7 Å². The number of hydrogen-bond donors (Lipinski definition) is 1. The van der Waals surface area contributed by atoms with Crippen LogP contribution in [-0.2, 0) is 6.42 Å². The average Bonchev–Trinajstić information content (AvgIpc) is 3.30.